The molecule has 0 bridgehead atoms. The summed E-state index contributed by atoms with van der Waals surface area (Å²) in [5.74, 6) is 0.870. The molecule has 0 N–H and O–H groups in total. The first-order valence-electron chi connectivity index (χ1n) is 7.93. The molecule has 0 spiro atoms. The number of hydrogen-bond donors (Lipinski definition) is 0. The van der Waals surface area contributed by atoms with E-state index >= 15 is 0 Å². The van der Waals surface area contributed by atoms with Gasteiger partial charge >= 0.3 is 26.2 Å². The molecule has 0 aromatic carbocycles. The van der Waals surface area contributed by atoms with E-state index in [1.165, 1.54) is 51.4 Å². The summed E-state index contributed by atoms with van der Waals surface area (Å²) in [4.78, 5) is 0. The predicted octanol–water partition coefficient (Wildman–Crippen LogP) is -0.262. The average molecular weight is 417 g/mol. The first kappa shape index (κ1) is 24.7. The van der Waals surface area contributed by atoms with E-state index in [1.54, 1.807) is 11.1 Å². The van der Waals surface area contributed by atoms with Crippen molar-refractivity contribution < 1.29 is 51.0 Å². The average Bonchev–Trinajstić information content (AvgIpc) is 3.18. The fraction of sp³-hybridized carbons (Fsp3) is 0.579. The number of rotatable bonds is 4. The van der Waals surface area contributed by atoms with Crippen LogP contribution in [0.15, 0.2) is 35.5 Å². The van der Waals surface area contributed by atoms with Crippen molar-refractivity contribution in [3.8, 4) is 0 Å². The van der Waals surface area contributed by atoms with Crippen LogP contribution in [0.3, 0.4) is 0 Å². The van der Waals surface area contributed by atoms with Crippen molar-refractivity contribution in [2.24, 2.45) is 5.92 Å². The van der Waals surface area contributed by atoms with Gasteiger partial charge in [0.15, 0.2) is 0 Å². The topological polar surface area (TPSA) is 0 Å². The Kier molecular flexibility index (Phi) is 16.8. The van der Waals surface area contributed by atoms with E-state index in [0.29, 0.717) is 0 Å². The molecular weight excluding hydrogens is 390 g/mol. The third-order valence-corrected chi connectivity index (χ3v) is 4.10. The van der Waals surface area contributed by atoms with E-state index in [0.717, 1.165) is 12.3 Å². The van der Waals surface area contributed by atoms with Gasteiger partial charge in [0.05, 0.1) is 0 Å². The Morgan fingerprint density at radius 1 is 1.18 bits per heavy atom. The van der Waals surface area contributed by atoms with Gasteiger partial charge in [-0.1, -0.05) is 45.4 Å². The SMILES string of the molecule is CCCCC1=[C-]C(C2CCCC2)=CC1.[C-]1=CC=CC1.[Cl-].[Cl-].[Zr+4]. The summed E-state index contributed by atoms with van der Waals surface area (Å²) >= 11 is 0. The van der Waals surface area contributed by atoms with Gasteiger partial charge in [-0.2, -0.15) is 11.6 Å². The van der Waals surface area contributed by atoms with Gasteiger partial charge in [0.1, 0.15) is 0 Å². The Morgan fingerprint density at radius 2 is 1.91 bits per heavy atom. The van der Waals surface area contributed by atoms with Crippen molar-refractivity contribution in [2.45, 2.75) is 64.7 Å². The summed E-state index contributed by atoms with van der Waals surface area (Å²) in [5.41, 5.74) is 3.11. The number of allylic oxidation sites excluding steroid dienone is 8. The molecule has 0 nitrogen and oxygen atoms in total. The van der Waals surface area contributed by atoms with Crippen LogP contribution in [0.5, 0.6) is 0 Å². The molecule has 0 aliphatic heterocycles. The maximum Gasteiger partial charge on any atom is 4.00 e. The van der Waals surface area contributed by atoms with E-state index < -0.39 is 0 Å². The quantitative estimate of drug-likeness (QED) is 0.554. The summed E-state index contributed by atoms with van der Waals surface area (Å²) < 4.78 is 0. The van der Waals surface area contributed by atoms with E-state index in [9.17, 15) is 0 Å². The molecule has 3 rings (SSSR count). The molecule has 0 radical (unpaired) electrons. The molecule has 120 valence electrons. The van der Waals surface area contributed by atoms with Crippen molar-refractivity contribution in [1.82, 2.24) is 0 Å². The summed E-state index contributed by atoms with van der Waals surface area (Å²) in [5, 5.41) is 0. The van der Waals surface area contributed by atoms with Gasteiger partial charge in [0.2, 0.25) is 0 Å². The molecule has 0 atom stereocenters. The molecule has 0 unspecified atom stereocenters. The van der Waals surface area contributed by atoms with Crippen LogP contribution in [0.25, 0.3) is 0 Å². The molecule has 0 saturated heterocycles. The minimum absolute atomic E-state index is 0. The van der Waals surface area contributed by atoms with Crippen LogP contribution < -0.4 is 24.8 Å². The van der Waals surface area contributed by atoms with Crippen LogP contribution >= 0.6 is 0 Å². The second-order valence-corrected chi connectivity index (χ2v) is 5.68. The van der Waals surface area contributed by atoms with Crippen molar-refractivity contribution >= 4 is 0 Å². The third kappa shape index (κ3) is 8.90. The maximum absolute atomic E-state index is 3.65. The molecule has 0 aromatic rings. The number of halogens is 2. The molecule has 1 saturated carbocycles. The van der Waals surface area contributed by atoms with Crippen LogP contribution in [0.1, 0.15) is 64.7 Å². The van der Waals surface area contributed by atoms with Crippen LogP contribution in [-0.2, 0) is 26.2 Å². The second-order valence-electron chi connectivity index (χ2n) is 5.68. The van der Waals surface area contributed by atoms with Gasteiger partial charge in [-0.05, 0) is 18.8 Å². The van der Waals surface area contributed by atoms with Crippen molar-refractivity contribution in [3.05, 3.63) is 47.6 Å². The van der Waals surface area contributed by atoms with Crippen LogP contribution in [0.2, 0.25) is 0 Å². The fourth-order valence-electron chi connectivity index (χ4n) is 2.94. The van der Waals surface area contributed by atoms with Crippen LogP contribution in [0.4, 0.5) is 0 Å². The first-order valence-corrected chi connectivity index (χ1v) is 7.93. The first-order chi connectivity index (χ1) is 9.40. The summed E-state index contributed by atoms with van der Waals surface area (Å²) in [7, 11) is 0. The zero-order valence-electron chi connectivity index (χ0n) is 13.5. The molecule has 0 amide bonds. The zero-order valence-corrected chi connectivity index (χ0v) is 17.5. The van der Waals surface area contributed by atoms with Gasteiger partial charge in [0.25, 0.3) is 0 Å². The zero-order chi connectivity index (χ0) is 13.3. The van der Waals surface area contributed by atoms with E-state index in [-0.39, 0.29) is 51.0 Å². The Labute approximate surface area is 168 Å². The van der Waals surface area contributed by atoms with E-state index in [1.807, 2.05) is 12.2 Å². The maximum atomic E-state index is 3.65. The predicted molar refractivity (Wildman–Crippen MR) is 82.5 cm³/mol. The largest absolute Gasteiger partial charge is 4.00 e. The molecule has 0 heterocycles. The Balaban J connectivity index is 0. The second kappa shape index (κ2) is 15.0. The molecular formula is C19H26Cl2Zr. The number of hydrogen-bond acceptors (Lipinski definition) is 0. The Bertz CT molecular complexity index is 378. The van der Waals surface area contributed by atoms with Gasteiger partial charge in [-0.3, -0.25) is 6.08 Å². The minimum atomic E-state index is 0. The smallest absolute Gasteiger partial charge is 1.00 e. The van der Waals surface area contributed by atoms with Crippen molar-refractivity contribution in [1.29, 1.82) is 0 Å². The van der Waals surface area contributed by atoms with Crippen molar-refractivity contribution in [3.63, 3.8) is 0 Å². The molecule has 3 aliphatic carbocycles. The summed E-state index contributed by atoms with van der Waals surface area (Å²) in [6, 6.07) is 0. The van der Waals surface area contributed by atoms with Crippen molar-refractivity contribution in [2.75, 3.05) is 0 Å². The monoisotopic (exact) mass is 414 g/mol. The molecule has 0 aromatic heterocycles. The van der Waals surface area contributed by atoms with E-state index in [2.05, 4.69) is 31.2 Å². The standard InChI is InChI=1S/C14H21.C5H5.2ClH.Zr/c1-2-3-6-12-9-10-14(11-12)13-7-4-5-8-13;1-2-4-5-3-1;;;/h10,13H,2-9H2,1H3;1-3H,4H2;2*1H;/q2*-1;;;+4/p-2. The molecule has 3 heteroatoms. The van der Waals surface area contributed by atoms with Gasteiger partial charge in [-0.15, -0.1) is 6.42 Å². The fourth-order valence-corrected chi connectivity index (χ4v) is 2.94. The van der Waals surface area contributed by atoms with Gasteiger partial charge in [0, 0.05) is 0 Å². The van der Waals surface area contributed by atoms with Crippen LogP contribution in [0, 0.1) is 18.1 Å². The summed E-state index contributed by atoms with van der Waals surface area (Å²) in [6.45, 7) is 2.26. The summed E-state index contributed by atoms with van der Waals surface area (Å²) in [6.07, 6.45) is 26.9. The molecule has 1 fully saturated rings. The minimum Gasteiger partial charge on any atom is -1.00 e. The Morgan fingerprint density at radius 3 is 2.41 bits per heavy atom. The van der Waals surface area contributed by atoms with Gasteiger partial charge in [-0.25, -0.2) is 29.9 Å². The van der Waals surface area contributed by atoms with E-state index in [4.69, 9.17) is 0 Å². The Hall–Kier alpha value is 0.423. The third-order valence-electron chi connectivity index (χ3n) is 4.10. The van der Waals surface area contributed by atoms with Crippen LogP contribution in [-0.4, -0.2) is 0 Å². The number of unbranched alkanes of at least 4 members (excludes halogenated alkanes) is 1. The molecule has 3 aliphatic rings. The molecule has 22 heavy (non-hydrogen) atoms. The van der Waals surface area contributed by atoms with Gasteiger partial charge < -0.3 is 24.8 Å². The normalized spacial score (nSPS) is 18.4.